The molecular weight excluding hydrogens is 228 g/mol. The quantitative estimate of drug-likeness (QED) is 0.801. The van der Waals surface area contributed by atoms with E-state index in [9.17, 15) is 4.79 Å². The van der Waals surface area contributed by atoms with Gasteiger partial charge in [-0.2, -0.15) is 0 Å². The van der Waals surface area contributed by atoms with E-state index in [2.05, 4.69) is 15.3 Å². The minimum atomic E-state index is -0.176. The number of hydrogen-bond acceptors (Lipinski definition) is 2. The van der Waals surface area contributed by atoms with Crippen LogP contribution in [-0.4, -0.2) is 35.0 Å². The third-order valence-electron chi connectivity index (χ3n) is 2.11. The van der Waals surface area contributed by atoms with E-state index < -0.39 is 0 Å². The maximum atomic E-state index is 11.4. The monoisotopic (exact) mass is 238 g/mol. The Morgan fingerprint density at radius 1 is 1.50 bits per heavy atom. The van der Waals surface area contributed by atoms with Crippen molar-refractivity contribution < 1.29 is 4.79 Å². The standard InChI is InChI=1S/C10H11ClN4O/c1-15(2)10(16)12-6-3-4-7-8(5-6)14-9(11)13-7/h3-5H,1-2H3,(H,12,16)(H,13,14). The molecule has 1 aromatic carbocycles. The van der Waals surface area contributed by atoms with Gasteiger partial charge in [0.15, 0.2) is 0 Å². The Hall–Kier alpha value is -1.75. The van der Waals surface area contributed by atoms with Crippen molar-refractivity contribution in [3.8, 4) is 0 Å². The van der Waals surface area contributed by atoms with Gasteiger partial charge >= 0.3 is 6.03 Å². The molecule has 5 nitrogen and oxygen atoms in total. The van der Waals surface area contributed by atoms with Crippen LogP contribution in [0, 0.1) is 0 Å². The molecule has 16 heavy (non-hydrogen) atoms. The summed E-state index contributed by atoms with van der Waals surface area (Å²) in [5, 5.41) is 3.08. The molecule has 0 aliphatic carbocycles. The van der Waals surface area contributed by atoms with E-state index >= 15 is 0 Å². The molecule has 0 saturated carbocycles. The van der Waals surface area contributed by atoms with Crippen molar-refractivity contribution in [1.29, 1.82) is 0 Å². The zero-order valence-electron chi connectivity index (χ0n) is 8.91. The Kier molecular flexibility index (Phi) is 2.70. The van der Waals surface area contributed by atoms with Gasteiger partial charge in [-0.3, -0.25) is 0 Å². The number of benzene rings is 1. The second kappa shape index (κ2) is 4.02. The number of hydrogen-bond donors (Lipinski definition) is 2. The molecule has 2 rings (SSSR count). The maximum absolute atomic E-state index is 11.4. The molecule has 2 aromatic rings. The molecule has 0 radical (unpaired) electrons. The van der Waals surface area contributed by atoms with E-state index in [-0.39, 0.29) is 6.03 Å². The number of nitrogens with one attached hydrogen (secondary N) is 2. The van der Waals surface area contributed by atoms with Crippen molar-refractivity contribution >= 4 is 34.4 Å². The summed E-state index contributed by atoms with van der Waals surface area (Å²) in [6.07, 6.45) is 0. The summed E-state index contributed by atoms with van der Waals surface area (Å²) >= 11 is 5.73. The Morgan fingerprint density at radius 3 is 2.94 bits per heavy atom. The lowest BCUT2D eigenvalue weighted by Crippen LogP contribution is -2.27. The number of nitrogens with zero attached hydrogens (tertiary/aromatic N) is 2. The van der Waals surface area contributed by atoms with Crippen molar-refractivity contribution in [3.63, 3.8) is 0 Å². The van der Waals surface area contributed by atoms with Gasteiger partial charge in [0.05, 0.1) is 11.0 Å². The van der Waals surface area contributed by atoms with Gasteiger partial charge in [0.25, 0.3) is 0 Å². The molecule has 0 unspecified atom stereocenters. The van der Waals surface area contributed by atoms with Gasteiger partial charge in [0.1, 0.15) is 0 Å². The third kappa shape index (κ3) is 2.09. The SMILES string of the molecule is CN(C)C(=O)Nc1ccc2nc(Cl)[nH]c2c1. The molecule has 1 aromatic heterocycles. The van der Waals surface area contributed by atoms with Gasteiger partial charge in [0, 0.05) is 19.8 Å². The number of anilines is 1. The molecule has 0 saturated heterocycles. The minimum absolute atomic E-state index is 0.176. The summed E-state index contributed by atoms with van der Waals surface area (Å²) in [5.74, 6) is 0. The van der Waals surface area contributed by atoms with Crippen LogP contribution < -0.4 is 5.32 Å². The fourth-order valence-electron chi connectivity index (χ4n) is 1.29. The lowest BCUT2D eigenvalue weighted by atomic mass is 10.3. The summed E-state index contributed by atoms with van der Waals surface area (Å²) in [6, 6.07) is 5.18. The van der Waals surface area contributed by atoms with Crippen LogP contribution in [0.3, 0.4) is 0 Å². The van der Waals surface area contributed by atoms with Crippen molar-refractivity contribution in [2.75, 3.05) is 19.4 Å². The molecule has 0 spiro atoms. The van der Waals surface area contributed by atoms with Crippen LogP contribution in [0.1, 0.15) is 0 Å². The lowest BCUT2D eigenvalue weighted by Gasteiger charge is -2.11. The number of amides is 2. The zero-order chi connectivity index (χ0) is 11.7. The largest absolute Gasteiger partial charge is 0.331 e. The first-order valence-corrected chi connectivity index (χ1v) is 5.07. The molecule has 84 valence electrons. The van der Waals surface area contributed by atoms with Gasteiger partial charge in [-0.25, -0.2) is 9.78 Å². The van der Waals surface area contributed by atoms with E-state index in [1.807, 2.05) is 0 Å². The highest BCUT2D eigenvalue weighted by Crippen LogP contribution is 2.19. The number of carbonyl (C=O) groups is 1. The van der Waals surface area contributed by atoms with E-state index in [0.717, 1.165) is 11.0 Å². The van der Waals surface area contributed by atoms with Gasteiger partial charge < -0.3 is 15.2 Å². The summed E-state index contributed by atoms with van der Waals surface area (Å²) in [4.78, 5) is 19.8. The number of fused-ring (bicyclic) bond motifs is 1. The molecule has 0 atom stereocenters. The first-order valence-electron chi connectivity index (χ1n) is 4.70. The number of carbonyl (C=O) groups excluding carboxylic acids is 1. The molecule has 0 bridgehead atoms. The normalized spacial score (nSPS) is 10.4. The molecule has 2 N–H and O–H groups in total. The van der Waals surface area contributed by atoms with Crippen LogP contribution in [0.15, 0.2) is 18.2 Å². The zero-order valence-corrected chi connectivity index (χ0v) is 9.67. The summed E-state index contributed by atoms with van der Waals surface area (Å²) in [5.41, 5.74) is 2.26. The van der Waals surface area contributed by atoms with Crippen LogP contribution in [0.25, 0.3) is 11.0 Å². The first-order chi connectivity index (χ1) is 7.56. The second-order valence-corrected chi connectivity index (χ2v) is 3.94. The highest BCUT2D eigenvalue weighted by molar-refractivity contribution is 6.29. The predicted octanol–water partition coefficient (Wildman–Crippen LogP) is 2.31. The maximum Gasteiger partial charge on any atom is 0.321 e. The molecule has 6 heteroatoms. The van der Waals surface area contributed by atoms with Crippen LogP contribution in [0.4, 0.5) is 10.5 Å². The summed E-state index contributed by atoms with van der Waals surface area (Å²) in [6.45, 7) is 0. The Bertz CT molecular complexity index is 535. The smallest absolute Gasteiger partial charge is 0.321 e. The van der Waals surface area contributed by atoms with Crippen molar-refractivity contribution in [3.05, 3.63) is 23.5 Å². The Labute approximate surface area is 97.4 Å². The van der Waals surface area contributed by atoms with Gasteiger partial charge in [-0.15, -0.1) is 0 Å². The molecule has 1 heterocycles. The van der Waals surface area contributed by atoms with Gasteiger partial charge in [-0.05, 0) is 29.8 Å². The topological polar surface area (TPSA) is 61.0 Å². The minimum Gasteiger partial charge on any atom is -0.331 e. The van der Waals surface area contributed by atoms with E-state index in [1.165, 1.54) is 4.90 Å². The van der Waals surface area contributed by atoms with Crippen LogP contribution >= 0.6 is 11.6 Å². The van der Waals surface area contributed by atoms with Gasteiger partial charge in [-0.1, -0.05) is 0 Å². The van der Waals surface area contributed by atoms with Crippen molar-refractivity contribution in [2.45, 2.75) is 0 Å². The Morgan fingerprint density at radius 2 is 2.25 bits per heavy atom. The number of urea groups is 1. The highest BCUT2D eigenvalue weighted by atomic mass is 35.5. The van der Waals surface area contributed by atoms with Crippen LogP contribution in [0.2, 0.25) is 5.28 Å². The Balaban J connectivity index is 2.29. The van der Waals surface area contributed by atoms with Crippen molar-refractivity contribution in [1.82, 2.24) is 14.9 Å². The summed E-state index contributed by atoms with van der Waals surface area (Å²) in [7, 11) is 3.36. The molecular formula is C10H11ClN4O. The fraction of sp³-hybridized carbons (Fsp3) is 0.200. The number of aromatic amines is 1. The van der Waals surface area contributed by atoms with Crippen molar-refractivity contribution in [2.24, 2.45) is 0 Å². The number of aromatic nitrogens is 2. The fourth-order valence-corrected chi connectivity index (χ4v) is 1.48. The van der Waals surface area contributed by atoms with E-state index in [4.69, 9.17) is 11.6 Å². The molecule has 0 fully saturated rings. The molecule has 2 amide bonds. The van der Waals surface area contributed by atoms with Crippen LogP contribution in [0.5, 0.6) is 0 Å². The van der Waals surface area contributed by atoms with E-state index in [1.54, 1.807) is 32.3 Å². The third-order valence-corrected chi connectivity index (χ3v) is 2.29. The molecule has 0 aliphatic rings. The first kappa shape index (κ1) is 10.8. The average Bonchev–Trinajstić information content (AvgIpc) is 2.57. The van der Waals surface area contributed by atoms with E-state index in [0.29, 0.717) is 11.0 Å². The summed E-state index contributed by atoms with van der Waals surface area (Å²) < 4.78 is 0. The number of H-pyrrole nitrogens is 1. The second-order valence-electron chi connectivity index (χ2n) is 3.58. The lowest BCUT2D eigenvalue weighted by molar-refractivity contribution is 0.230. The van der Waals surface area contributed by atoms with Gasteiger partial charge in [0.2, 0.25) is 5.28 Å². The number of imidazole rings is 1. The number of halogens is 1. The van der Waals surface area contributed by atoms with Crippen LogP contribution in [-0.2, 0) is 0 Å². The highest BCUT2D eigenvalue weighted by Gasteiger charge is 2.06. The molecule has 0 aliphatic heterocycles. The predicted molar refractivity (Wildman–Crippen MR) is 63.8 cm³/mol. The number of rotatable bonds is 1. The average molecular weight is 239 g/mol.